The topological polar surface area (TPSA) is 44.8 Å². The Balaban J connectivity index is 2.46. The van der Waals surface area contributed by atoms with Gasteiger partial charge in [0.05, 0.1) is 6.10 Å². The molecule has 0 amide bonds. The molecular weight excluding hydrogens is 208 g/mol. The van der Waals surface area contributed by atoms with Crippen molar-refractivity contribution >= 4 is 5.78 Å². The van der Waals surface area contributed by atoms with Crippen molar-refractivity contribution in [2.75, 3.05) is 14.2 Å². The zero-order valence-electron chi connectivity index (χ0n) is 10.6. The lowest BCUT2D eigenvalue weighted by atomic mass is 9.95. The molecule has 0 aliphatic carbocycles. The molecule has 0 aromatic carbocycles. The van der Waals surface area contributed by atoms with Crippen LogP contribution < -0.4 is 0 Å². The first-order chi connectivity index (χ1) is 7.58. The van der Waals surface area contributed by atoms with Gasteiger partial charge in [-0.15, -0.1) is 0 Å². The van der Waals surface area contributed by atoms with Crippen LogP contribution >= 0.6 is 0 Å². The normalized spacial score (nSPS) is 32.4. The lowest BCUT2D eigenvalue weighted by Gasteiger charge is -2.34. The van der Waals surface area contributed by atoms with Gasteiger partial charge in [0.15, 0.2) is 12.1 Å². The first-order valence-corrected chi connectivity index (χ1v) is 5.80. The molecule has 4 atom stereocenters. The third-order valence-corrected chi connectivity index (χ3v) is 3.18. The number of hydrogen-bond donors (Lipinski definition) is 0. The highest BCUT2D eigenvalue weighted by atomic mass is 16.7. The fraction of sp³-hybridized carbons (Fsp3) is 0.917. The van der Waals surface area contributed by atoms with Gasteiger partial charge in [0.2, 0.25) is 0 Å². The van der Waals surface area contributed by atoms with Crippen molar-refractivity contribution in [1.29, 1.82) is 0 Å². The Morgan fingerprint density at radius 3 is 2.62 bits per heavy atom. The van der Waals surface area contributed by atoms with Crippen LogP contribution in [0.5, 0.6) is 0 Å². The highest BCUT2D eigenvalue weighted by Crippen LogP contribution is 2.27. The molecule has 94 valence electrons. The second kappa shape index (κ2) is 6.33. The lowest BCUT2D eigenvalue weighted by Crippen LogP contribution is -2.38. The maximum atomic E-state index is 11.3. The van der Waals surface area contributed by atoms with E-state index in [0.29, 0.717) is 12.3 Å². The Hall–Kier alpha value is -0.450. The Kier molecular flexibility index (Phi) is 5.38. The number of carbonyl (C=O) groups is 1. The monoisotopic (exact) mass is 230 g/mol. The van der Waals surface area contributed by atoms with Crippen LogP contribution in [-0.2, 0) is 19.0 Å². The van der Waals surface area contributed by atoms with Crippen molar-refractivity contribution in [2.45, 2.75) is 51.6 Å². The largest absolute Gasteiger partial charge is 0.374 e. The van der Waals surface area contributed by atoms with E-state index in [1.54, 1.807) is 21.1 Å². The molecule has 0 saturated carbocycles. The summed E-state index contributed by atoms with van der Waals surface area (Å²) in [6.45, 7) is 3.66. The molecule has 0 N–H and O–H groups in total. The Morgan fingerprint density at radius 2 is 2.12 bits per heavy atom. The van der Waals surface area contributed by atoms with E-state index in [4.69, 9.17) is 14.2 Å². The SMILES string of the molecule is CO[C@H]1O[C@H](C[C@H](OC)C(C)=O)CC[C@H]1C. The molecule has 0 aromatic rings. The Morgan fingerprint density at radius 1 is 1.44 bits per heavy atom. The smallest absolute Gasteiger partial charge is 0.160 e. The molecule has 1 rings (SSSR count). The first-order valence-electron chi connectivity index (χ1n) is 5.80. The molecule has 0 unspecified atom stereocenters. The van der Waals surface area contributed by atoms with E-state index in [1.165, 1.54) is 0 Å². The van der Waals surface area contributed by atoms with Crippen molar-refractivity contribution in [2.24, 2.45) is 5.92 Å². The predicted molar refractivity (Wildman–Crippen MR) is 60.2 cm³/mol. The van der Waals surface area contributed by atoms with Gasteiger partial charge in [-0.05, 0) is 19.8 Å². The lowest BCUT2D eigenvalue weighted by molar-refractivity contribution is -0.211. The van der Waals surface area contributed by atoms with E-state index in [0.717, 1.165) is 12.8 Å². The van der Waals surface area contributed by atoms with Gasteiger partial charge in [-0.1, -0.05) is 6.92 Å². The molecule has 4 nitrogen and oxygen atoms in total. The zero-order valence-corrected chi connectivity index (χ0v) is 10.6. The van der Waals surface area contributed by atoms with Crippen molar-refractivity contribution in [3.05, 3.63) is 0 Å². The molecule has 1 saturated heterocycles. The van der Waals surface area contributed by atoms with Crippen LogP contribution in [0, 0.1) is 5.92 Å². The molecule has 0 bridgehead atoms. The van der Waals surface area contributed by atoms with Crippen LogP contribution in [0.4, 0.5) is 0 Å². The fourth-order valence-electron chi connectivity index (χ4n) is 2.10. The van der Waals surface area contributed by atoms with Crippen LogP contribution in [0.3, 0.4) is 0 Å². The number of Topliss-reactive ketones (excluding diaryl/α,β-unsaturated/α-hetero) is 1. The molecule has 1 fully saturated rings. The van der Waals surface area contributed by atoms with Gasteiger partial charge in [0.25, 0.3) is 0 Å². The number of carbonyl (C=O) groups excluding carboxylic acids is 1. The molecule has 0 spiro atoms. The molecule has 1 aliphatic heterocycles. The van der Waals surface area contributed by atoms with Gasteiger partial charge in [0.1, 0.15) is 6.10 Å². The number of ether oxygens (including phenoxy) is 3. The van der Waals surface area contributed by atoms with Crippen LogP contribution in [-0.4, -0.2) is 38.5 Å². The van der Waals surface area contributed by atoms with Gasteiger partial charge in [-0.3, -0.25) is 4.79 Å². The van der Waals surface area contributed by atoms with Gasteiger partial charge >= 0.3 is 0 Å². The average Bonchev–Trinajstić information content (AvgIpc) is 2.27. The first kappa shape index (κ1) is 13.6. The summed E-state index contributed by atoms with van der Waals surface area (Å²) >= 11 is 0. The third kappa shape index (κ3) is 3.54. The second-order valence-corrected chi connectivity index (χ2v) is 4.49. The maximum Gasteiger partial charge on any atom is 0.160 e. The van der Waals surface area contributed by atoms with E-state index < -0.39 is 0 Å². The molecule has 1 aliphatic rings. The van der Waals surface area contributed by atoms with Crippen LogP contribution in [0.1, 0.15) is 33.1 Å². The minimum absolute atomic E-state index is 0.0543. The Bertz CT molecular complexity index is 229. The Labute approximate surface area is 97.2 Å². The van der Waals surface area contributed by atoms with E-state index in [9.17, 15) is 4.79 Å². The number of rotatable bonds is 5. The summed E-state index contributed by atoms with van der Waals surface area (Å²) in [6.07, 6.45) is 2.22. The highest BCUT2D eigenvalue weighted by Gasteiger charge is 2.30. The number of ketones is 1. The van der Waals surface area contributed by atoms with Crippen LogP contribution in [0.2, 0.25) is 0 Å². The van der Waals surface area contributed by atoms with Crippen molar-refractivity contribution in [3.8, 4) is 0 Å². The molecular formula is C12H22O4. The second-order valence-electron chi connectivity index (χ2n) is 4.49. The summed E-state index contributed by atoms with van der Waals surface area (Å²) in [5.41, 5.74) is 0. The van der Waals surface area contributed by atoms with Gasteiger partial charge in [0, 0.05) is 26.6 Å². The molecule has 1 heterocycles. The summed E-state index contributed by atoms with van der Waals surface area (Å²) < 4.78 is 16.2. The van der Waals surface area contributed by atoms with Crippen LogP contribution in [0.15, 0.2) is 0 Å². The van der Waals surface area contributed by atoms with Gasteiger partial charge in [-0.2, -0.15) is 0 Å². The standard InChI is InChI=1S/C12H22O4/c1-8-5-6-10(16-12(8)15-4)7-11(14-3)9(2)13/h8,10-12H,5-7H2,1-4H3/t8-,10+,11+,12+/m1/s1. The van der Waals surface area contributed by atoms with E-state index >= 15 is 0 Å². The minimum atomic E-state index is -0.351. The zero-order chi connectivity index (χ0) is 12.1. The molecule has 4 heteroatoms. The predicted octanol–water partition coefficient (Wildman–Crippen LogP) is 1.77. The maximum absolute atomic E-state index is 11.3. The summed E-state index contributed by atoms with van der Waals surface area (Å²) in [5.74, 6) is 0.471. The van der Waals surface area contributed by atoms with E-state index in [1.807, 2.05) is 0 Å². The summed E-state index contributed by atoms with van der Waals surface area (Å²) in [5, 5.41) is 0. The molecule has 16 heavy (non-hydrogen) atoms. The van der Waals surface area contributed by atoms with Gasteiger partial charge < -0.3 is 14.2 Å². The van der Waals surface area contributed by atoms with Crippen molar-refractivity contribution in [3.63, 3.8) is 0 Å². The molecule has 0 aromatic heterocycles. The molecule has 0 radical (unpaired) electrons. The minimum Gasteiger partial charge on any atom is -0.374 e. The highest BCUT2D eigenvalue weighted by molar-refractivity contribution is 5.80. The summed E-state index contributed by atoms with van der Waals surface area (Å²) in [6, 6.07) is 0. The average molecular weight is 230 g/mol. The van der Waals surface area contributed by atoms with E-state index in [-0.39, 0.29) is 24.3 Å². The van der Waals surface area contributed by atoms with Crippen LogP contribution in [0.25, 0.3) is 0 Å². The number of hydrogen-bond acceptors (Lipinski definition) is 4. The van der Waals surface area contributed by atoms with Crippen molar-refractivity contribution < 1.29 is 19.0 Å². The fourth-order valence-corrected chi connectivity index (χ4v) is 2.10. The quantitative estimate of drug-likeness (QED) is 0.722. The van der Waals surface area contributed by atoms with Gasteiger partial charge in [-0.25, -0.2) is 0 Å². The van der Waals surface area contributed by atoms with E-state index in [2.05, 4.69) is 6.92 Å². The summed E-state index contributed by atoms with van der Waals surface area (Å²) in [4.78, 5) is 11.3. The summed E-state index contributed by atoms with van der Waals surface area (Å²) in [7, 11) is 3.22. The third-order valence-electron chi connectivity index (χ3n) is 3.18. The van der Waals surface area contributed by atoms with Crippen molar-refractivity contribution in [1.82, 2.24) is 0 Å². The number of methoxy groups -OCH3 is 2.